The summed E-state index contributed by atoms with van der Waals surface area (Å²) < 4.78 is 0. The molecule has 5 aliphatic rings. The van der Waals surface area contributed by atoms with Gasteiger partial charge in [0.1, 0.15) is 22.8 Å². The number of amides is 1. The molecule has 9 nitrogen and oxygen atoms in total. The van der Waals surface area contributed by atoms with Crippen LogP contribution in [0, 0.1) is 29.6 Å². The molecule has 0 radical (unpaired) electrons. The first-order valence-electron chi connectivity index (χ1n) is 15.4. The third kappa shape index (κ3) is 4.34. The van der Waals surface area contributed by atoms with Crippen molar-refractivity contribution in [3.05, 3.63) is 57.9 Å². The Labute approximate surface area is 250 Å². The lowest BCUT2D eigenvalue weighted by Gasteiger charge is -2.50. The van der Waals surface area contributed by atoms with E-state index in [1.165, 1.54) is 0 Å². The van der Waals surface area contributed by atoms with Gasteiger partial charge in [0.15, 0.2) is 11.4 Å². The molecule has 0 heterocycles. The Morgan fingerprint density at radius 3 is 2.42 bits per heavy atom. The van der Waals surface area contributed by atoms with E-state index in [1.807, 2.05) is 18.2 Å². The maximum absolute atomic E-state index is 14.2. The van der Waals surface area contributed by atoms with Gasteiger partial charge in [-0.2, -0.15) is 0 Å². The van der Waals surface area contributed by atoms with Gasteiger partial charge in [0.05, 0.1) is 11.3 Å². The Kier molecular flexibility index (Phi) is 7.07. The van der Waals surface area contributed by atoms with Gasteiger partial charge in [0, 0.05) is 23.5 Å². The molecular weight excluding hydrogens is 548 g/mol. The highest BCUT2D eigenvalue weighted by molar-refractivity contribution is 6.23. The molecule has 0 bridgehead atoms. The van der Waals surface area contributed by atoms with Crippen molar-refractivity contribution in [2.24, 2.45) is 35.3 Å². The lowest BCUT2D eigenvalue weighted by atomic mass is 9.54. The summed E-state index contributed by atoms with van der Waals surface area (Å²) in [5.74, 6) is -6.91. The van der Waals surface area contributed by atoms with Crippen LogP contribution in [0.3, 0.4) is 0 Å². The predicted molar refractivity (Wildman–Crippen MR) is 162 cm³/mol. The Bertz CT molecular complexity index is 1560. The van der Waals surface area contributed by atoms with Gasteiger partial charge in [0.2, 0.25) is 5.78 Å². The van der Waals surface area contributed by atoms with Crippen LogP contribution in [-0.2, 0) is 20.8 Å². The van der Waals surface area contributed by atoms with E-state index in [2.05, 4.69) is 18.3 Å². The monoisotopic (exact) mass is 588 g/mol. The summed E-state index contributed by atoms with van der Waals surface area (Å²) in [7, 11) is 0. The van der Waals surface area contributed by atoms with Gasteiger partial charge in [-0.3, -0.25) is 14.4 Å². The minimum absolute atomic E-state index is 0.0983. The Morgan fingerprint density at radius 1 is 1.12 bits per heavy atom. The molecule has 0 unspecified atom stereocenters. The summed E-state index contributed by atoms with van der Waals surface area (Å²) in [5, 5.41) is 49.9. The first-order valence-corrected chi connectivity index (χ1v) is 15.4. The smallest absolute Gasteiger partial charge is 0.255 e. The summed E-state index contributed by atoms with van der Waals surface area (Å²) >= 11 is 0. The van der Waals surface area contributed by atoms with Crippen molar-refractivity contribution >= 4 is 34.5 Å². The molecule has 1 amide bonds. The average Bonchev–Trinajstić information content (AvgIpc) is 3.48. The molecule has 0 saturated heterocycles. The van der Waals surface area contributed by atoms with Gasteiger partial charge in [-0.15, -0.1) is 0 Å². The number of ketones is 2. The Hall–Kier alpha value is -3.85. The molecule has 9 heteroatoms. The maximum Gasteiger partial charge on any atom is 0.255 e. The minimum Gasteiger partial charge on any atom is -0.508 e. The van der Waals surface area contributed by atoms with Gasteiger partial charge < -0.3 is 31.5 Å². The number of hydrogen-bond donors (Lipinski definition) is 6. The van der Waals surface area contributed by atoms with E-state index >= 15 is 0 Å². The number of nitrogens with one attached hydrogen (secondary N) is 1. The summed E-state index contributed by atoms with van der Waals surface area (Å²) in [6, 6.07) is 2.06. The summed E-state index contributed by atoms with van der Waals surface area (Å²) in [6.07, 6.45) is 11.3. The number of aromatic hydroxyl groups is 1. The molecule has 1 aromatic rings. The highest BCUT2D eigenvalue weighted by Crippen LogP contribution is 2.56. The molecule has 0 aliphatic heterocycles. The number of phenolic OH excluding ortho intramolecular Hbond substituents is 1. The normalized spacial score (nSPS) is 32.0. The Morgan fingerprint density at radius 2 is 1.81 bits per heavy atom. The molecule has 2 saturated carbocycles. The second kappa shape index (κ2) is 10.4. The fourth-order valence-electron chi connectivity index (χ4n) is 8.20. The van der Waals surface area contributed by atoms with Crippen molar-refractivity contribution in [3.63, 3.8) is 0 Å². The number of aliphatic hydroxyl groups excluding tert-OH is 2. The van der Waals surface area contributed by atoms with E-state index in [9.17, 15) is 34.8 Å². The third-order valence-corrected chi connectivity index (χ3v) is 10.4. The number of aliphatic hydroxyl groups is 3. The lowest BCUT2D eigenvalue weighted by Crippen LogP contribution is -2.62. The van der Waals surface area contributed by atoms with Crippen LogP contribution in [0.5, 0.6) is 5.75 Å². The quantitative estimate of drug-likeness (QED) is 0.213. The van der Waals surface area contributed by atoms with E-state index in [-0.39, 0.29) is 41.7 Å². The first kappa shape index (κ1) is 29.2. The molecular formula is C34H40N2O7. The molecule has 43 heavy (non-hydrogen) atoms. The van der Waals surface area contributed by atoms with Crippen molar-refractivity contribution in [2.75, 3.05) is 5.32 Å². The first-order chi connectivity index (χ1) is 20.4. The van der Waals surface area contributed by atoms with Gasteiger partial charge in [0.25, 0.3) is 5.91 Å². The SMILES string of the molecule is CC1CCC(Nc2cc(C3=CCC=C3)c3c(c2O)C(O)=C2C(=O)[C@]4(O)C(O)=C(C(N)=O)C(=O)[C@@H](C(C)C)[C@@H]4C[C@@H]2C3)CC1. The van der Waals surface area contributed by atoms with Gasteiger partial charge in [-0.05, 0) is 85.5 Å². The van der Waals surface area contributed by atoms with Gasteiger partial charge in [-0.1, -0.05) is 39.0 Å². The fraction of sp³-hybridized carbons (Fsp3) is 0.500. The predicted octanol–water partition coefficient (Wildman–Crippen LogP) is 4.64. The van der Waals surface area contributed by atoms with Crippen LogP contribution in [0.4, 0.5) is 5.69 Å². The van der Waals surface area contributed by atoms with E-state index in [4.69, 9.17) is 5.73 Å². The van der Waals surface area contributed by atoms with Crippen molar-refractivity contribution in [1.82, 2.24) is 0 Å². The topological polar surface area (TPSA) is 170 Å². The number of nitrogens with two attached hydrogens (primary N) is 1. The Balaban J connectivity index is 1.52. The zero-order chi connectivity index (χ0) is 31.0. The number of Topliss-reactive ketones (excluding diaryl/α,β-unsaturated/α-hetero) is 2. The number of allylic oxidation sites excluding steroid dienone is 4. The number of fused-ring (bicyclic) bond motifs is 3. The highest BCUT2D eigenvalue weighted by atomic mass is 16.3. The molecule has 228 valence electrons. The van der Waals surface area contributed by atoms with Crippen molar-refractivity contribution in [1.29, 1.82) is 0 Å². The molecule has 1 aromatic carbocycles. The van der Waals surface area contributed by atoms with E-state index in [0.29, 0.717) is 17.2 Å². The van der Waals surface area contributed by atoms with Gasteiger partial charge in [-0.25, -0.2) is 0 Å². The van der Waals surface area contributed by atoms with Crippen molar-refractivity contribution in [3.8, 4) is 5.75 Å². The number of primary amides is 1. The lowest BCUT2D eigenvalue weighted by molar-refractivity contribution is -0.155. The molecule has 4 atom stereocenters. The number of carbonyl (C=O) groups is 3. The zero-order valence-corrected chi connectivity index (χ0v) is 24.8. The highest BCUT2D eigenvalue weighted by Gasteiger charge is 2.64. The van der Waals surface area contributed by atoms with E-state index in [0.717, 1.165) is 43.2 Å². The third-order valence-electron chi connectivity index (χ3n) is 10.4. The second-order valence-corrected chi connectivity index (χ2v) is 13.4. The average molecular weight is 589 g/mol. The molecule has 5 aliphatic carbocycles. The number of carbonyl (C=O) groups excluding carboxylic acids is 3. The summed E-state index contributed by atoms with van der Waals surface area (Å²) in [6.45, 7) is 5.74. The minimum atomic E-state index is -2.62. The van der Waals surface area contributed by atoms with Crippen LogP contribution >= 0.6 is 0 Å². The summed E-state index contributed by atoms with van der Waals surface area (Å²) in [4.78, 5) is 39.9. The molecule has 0 aromatic heterocycles. The van der Waals surface area contributed by atoms with Crippen LogP contribution in [0.1, 0.15) is 76.0 Å². The number of benzene rings is 1. The van der Waals surface area contributed by atoms with E-state index < -0.39 is 57.9 Å². The second-order valence-electron chi connectivity index (χ2n) is 13.4. The van der Waals surface area contributed by atoms with Crippen molar-refractivity contribution in [2.45, 2.75) is 77.4 Å². The fourth-order valence-corrected chi connectivity index (χ4v) is 8.20. The molecule has 0 spiro atoms. The van der Waals surface area contributed by atoms with Crippen LogP contribution in [0.15, 0.2) is 41.2 Å². The van der Waals surface area contributed by atoms with Crippen molar-refractivity contribution < 1.29 is 34.8 Å². The number of anilines is 1. The maximum atomic E-state index is 14.2. The van der Waals surface area contributed by atoms with Crippen LogP contribution in [0.2, 0.25) is 0 Å². The van der Waals surface area contributed by atoms with Crippen LogP contribution in [0.25, 0.3) is 11.3 Å². The molecule has 7 N–H and O–H groups in total. The molecule has 6 rings (SSSR count). The van der Waals surface area contributed by atoms with Crippen LogP contribution < -0.4 is 11.1 Å². The zero-order valence-electron chi connectivity index (χ0n) is 24.8. The standard InChI is InChI=1S/C34H40N2O7/c1-15(2)24-22-13-18-12-21-20(17-6-4-5-7-17)14-23(36-19-10-8-16(3)9-11-19)28(37)26(21)30(39)25(18)31(40)34(22,43)32(41)27(29(24)38)33(35)42/h4,6-7,14-16,18-19,22,24,36-37,39,41,43H,5,8-13H2,1-3H3,(H2,35,42)/t16?,18-,19?,22-,24-,34-/m0/s1. The number of hydrogen-bond acceptors (Lipinski definition) is 8. The van der Waals surface area contributed by atoms with Gasteiger partial charge >= 0.3 is 0 Å². The van der Waals surface area contributed by atoms with Crippen LogP contribution in [-0.4, -0.2) is 49.5 Å². The molecule has 2 fully saturated rings. The van der Waals surface area contributed by atoms with E-state index in [1.54, 1.807) is 13.8 Å². The largest absolute Gasteiger partial charge is 0.508 e. The summed E-state index contributed by atoms with van der Waals surface area (Å²) in [5.41, 5.74) is 4.98. The number of rotatable bonds is 5. The number of phenols is 1.